The highest BCUT2D eigenvalue weighted by molar-refractivity contribution is 5.84. The van der Waals surface area contributed by atoms with Crippen LogP contribution in [0.5, 0.6) is 0 Å². The molecule has 2 heterocycles. The van der Waals surface area contributed by atoms with Crippen molar-refractivity contribution in [3.05, 3.63) is 11.9 Å². The highest BCUT2D eigenvalue weighted by atomic mass is 16.6. The maximum absolute atomic E-state index is 12.0. The lowest BCUT2D eigenvalue weighted by molar-refractivity contribution is 0.0689. The summed E-state index contributed by atoms with van der Waals surface area (Å²) in [6, 6.07) is -0.0483. The fraction of sp³-hybridized carbons (Fsp3) is 0.692. The standard InChI is InChI=1S/C13H18N4O4/c18-12(19)11-7-17(15-14-11)10-2-1-5-16(6-10)13(20)21-8-9-3-4-9/h7,9-10H,1-6,8H2,(H,18,19). The molecule has 1 saturated heterocycles. The van der Waals surface area contributed by atoms with E-state index in [9.17, 15) is 9.59 Å². The zero-order valence-corrected chi connectivity index (χ0v) is 11.6. The molecule has 0 spiro atoms. The Balaban J connectivity index is 1.58. The number of carbonyl (C=O) groups is 2. The minimum Gasteiger partial charge on any atom is -0.476 e. The van der Waals surface area contributed by atoms with E-state index in [0.717, 1.165) is 25.7 Å². The second-order valence-corrected chi connectivity index (χ2v) is 5.65. The lowest BCUT2D eigenvalue weighted by atomic mass is 10.1. The van der Waals surface area contributed by atoms with Gasteiger partial charge in [-0.1, -0.05) is 5.21 Å². The molecule has 0 radical (unpaired) electrons. The van der Waals surface area contributed by atoms with Gasteiger partial charge in [-0.3, -0.25) is 0 Å². The fourth-order valence-corrected chi connectivity index (χ4v) is 2.45. The molecule has 2 aliphatic rings. The Kier molecular flexibility index (Phi) is 3.76. The first-order chi connectivity index (χ1) is 10.1. The van der Waals surface area contributed by atoms with E-state index in [1.165, 1.54) is 10.9 Å². The van der Waals surface area contributed by atoms with E-state index in [1.807, 2.05) is 0 Å². The molecule has 1 aromatic rings. The largest absolute Gasteiger partial charge is 0.476 e. The Hall–Kier alpha value is -2.12. The Morgan fingerprint density at radius 1 is 1.38 bits per heavy atom. The van der Waals surface area contributed by atoms with Crippen LogP contribution < -0.4 is 0 Å². The van der Waals surface area contributed by atoms with Gasteiger partial charge in [-0.2, -0.15) is 0 Å². The monoisotopic (exact) mass is 294 g/mol. The number of hydrogen-bond donors (Lipinski definition) is 1. The quantitative estimate of drug-likeness (QED) is 0.895. The highest BCUT2D eigenvalue weighted by Gasteiger charge is 2.29. The van der Waals surface area contributed by atoms with Crippen LogP contribution in [-0.2, 0) is 4.74 Å². The van der Waals surface area contributed by atoms with Crippen LogP contribution in [0.1, 0.15) is 42.2 Å². The van der Waals surface area contributed by atoms with Gasteiger partial charge >= 0.3 is 12.1 Å². The number of rotatable bonds is 4. The average Bonchev–Trinajstić information content (AvgIpc) is 3.18. The van der Waals surface area contributed by atoms with E-state index in [-0.39, 0.29) is 17.8 Å². The van der Waals surface area contributed by atoms with Crippen molar-refractivity contribution < 1.29 is 19.4 Å². The summed E-state index contributed by atoms with van der Waals surface area (Å²) in [4.78, 5) is 24.5. The first-order valence-electron chi connectivity index (χ1n) is 7.20. The Morgan fingerprint density at radius 3 is 2.86 bits per heavy atom. The molecule has 1 saturated carbocycles. The number of aromatic carboxylic acids is 1. The van der Waals surface area contributed by atoms with Crippen molar-refractivity contribution in [2.45, 2.75) is 31.7 Å². The van der Waals surface area contributed by atoms with Gasteiger partial charge in [0.1, 0.15) is 0 Å². The van der Waals surface area contributed by atoms with Crippen molar-refractivity contribution >= 4 is 12.1 Å². The predicted octanol–water partition coefficient (Wildman–Crippen LogP) is 1.16. The second kappa shape index (κ2) is 5.71. The Bertz CT molecular complexity index is 540. The van der Waals surface area contributed by atoms with E-state index >= 15 is 0 Å². The number of carbonyl (C=O) groups excluding carboxylic acids is 1. The van der Waals surface area contributed by atoms with Crippen LogP contribution in [0.15, 0.2) is 6.20 Å². The minimum atomic E-state index is -1.10. The van der Waals surface area contributed by atoms with Crippen molar-refractivity contribution in [2.75, 3.05) is 19.7 Å². The molecule has 1 aliphatic heterocycles. The molecule has 21 heavy (non-hydrogen) atoms. The molecule has 1 amide bonds. The van der Waals surface area contributed by atoms with Crippen molar-refractivity contribution in [3.63, 3.8) is 0 Å². The molecule has 0 aromatic carbocycles. The van der Waals surface area contributed by atoms with Crippen molar-refractivity contribution in [3.8, 4) is 0 Å². The van der Waals surface area contributed by atoms with E-state index in [4.69, 9.17) is 9.84 Å². The van der Waals surface area contributed by atoms with Gasteiger partial charge in [0.2, 0.25) is 0 Å². The molecule has 1 unspecified atom stereocenters. The first kappa shape index (κ1) is 13.8. The van der Waals surface area contributed by atoms with Gasteiger partial charge in [-0.25, -0.2) is 14.3 Å². The van der Waals surface area contributed by atoms with Crippen LogP contribution in [0.3, 0.4) is 0 Å². The number of likely N-dealkylation sites (tertiary alicyclic amines) is 1. The third kappa shape index (κ3) is 3.32. The number of piperidine rings is 1. The fourth-order valence-electron chi connectivity index (χ4n) is 2.45. The zero-order chi connectivity index (χ0) is 14.8. The van der Waals surface area contributed by atoms with Gasteiger partial charge in [0.15, 0.2) is 5.69 Å². The SMILES string of the molecule is O=C(O)c1cn(C2CCCN(C(=O)OCC3CC3)C2)nn1. The molecule has 3 rings (SSSR count). The summed E-state index contributed by atoms with van der Waals surface area (Å²) in [5.74, 6) is -0.555. The van der Waals surface area contributed by atoms with E-state index in [2.05, 4.69) is 10.3 Å². The van der Waals surface area contributed by atoms with Gasteiger partial charge < -0.3 is 14.7 Å². The summed E-state index contributed by atoms with van der Waals surface area (Å²) in [7, 11) is 0. The van der Waals surface area contributed by atoms with Gasteiger partial charge in [-0.15, -0.1) is 5.10 Å². The molecule has 1 aliphatic carbocycles. The lowest BCUT2D eigenvalue weighted by Crippen LogP contribution is -2.41. The van der Waals surface area contributed by atoms with Crippen LogP contribution >= 0.6 is 0 Å². The molecular weight excluding hydrogens is 276 g/mol. The van der Waals surface area contributed by atoms with Crippen LogP contribution in [0, 0.1) is 5.92 Å². The highest BCUT2D eigenvalue weighted by Crippen LogP contribution is 2.29. The summed E-state index contributed by atoms with van der Waals surface area (Å²) in [6.07, 6.45) is 5.09. The molecule has 1 N–H and O–H groups in total. The number of carboxylic acids is 1. The van der Waals surface area contributed by atoms with Crippen LogP contribution in [0.25, 0.3) is 0 Å². The van der Waals surface area contributed by atoms with Gasteiger partial charge in [0, 0.05) is 13.1 Å². The molecule has 8 nitrogen and oxygen atoms in total. The molecule has 114 valence electrons. The number of ether oxygens (including phenoxy) is 1. The molecule has 1 atom stereocenters. The van der Waals surface area contributed by atoms with Crippen LogP contribution in [-0.4, -0.2) is 56.8 Å². The smallest absolute Gasteiger partial charge is 0.409 e. The Morgan fingerprint density at radius 2 is 2.19 bits per heavy atom. The summed E-state index contributed by atoms with van der Waals surface area (Å²) in [5.41, 5.74) is -0.0802. The molecule has 0 bridgehead atoms. The van der Waals surface area contributed by atoms with Gasteiger partial charge in [0.05, 0.1) is 18.8 Å². The third-order valence-electron chi connectivity index (χ3n) is 3.90. The van der Waals surface area contributed by atoms with Crippen LogP contribution in [0.2, 0.25) is 0 Å². The summed E-state index contributed by atoms with van der Waals surface area (Å²) >= 11 is 0. The zero-order valence-electron chi connectivity index (χ0n) is 11.6. The van der Waals surface area contributed by atoms with E-state index in [0.29, 0.717) is 25.6 Å². The number of carboxylic acid groups (broad SMARTS) is 1. The van der Waals surface area contributed by atoms with Crippen molar-refractivity contribution in [1.29, 1.82) is 0 Å². The van der Waals surface area contributed by atoms with Crippen LogP contribution in [0.4, 0.5) is 4.79 Å². The maximum Gasteiger partial charge on any atom is 0.409 e. The number of amides is 1. The van der Waals surface area contributed by atoms with Crippen molar-refractivity contribution in [2.24, 2.45) is 5.92 Å². The average molecular weight is 294 g/mol. The third-order valence-corrected chi connectivity index (χ3v) is 3.90. The van der Waals surface area contributed by atoms with Gasteiger partial charge in [-0.05, 0) is 31.6 Å². The molecule has 8 heteroatoms. The minimum absolute atomic E-state index is 0.0483. The maximum atomic E-state index is 12.0. The van der Waals surface area contributed by atoms with Crippen molar-refractivity contribution in [1.82, 2.24) is 19.9 Å². The number of aromatic nitrogens is 3. The summed E-state index contributed by atoms with van der Waals surface area (Å²) in [6.45, 7) is 1.65. The number of hydrogen-bond acceptors (Lipinski definition) is 5. The predicted molar refractivity (Wildman–Crippen MR) is 70.9 cm³/mol. The molecule has 1 aromatic heterocycles. The lowest BCUT2D eigenvalue weighted by Gasteiger charge is -2.31. The topological polar surface area (TPSA) is 97.5 Å². The Labute approximate surface area is 121 Å². The van der Waals surface area contributed by atoms with Gasteiger partial charge in [0.25, 0.3) is 0 Å². The van der Waals surface area contributed by atoms with E-state index < -0.39 is 5.97 Å². The summed E-state index contributed by atoms with van der Waals surface area (Å²) in [5, 5.41) is 16.3. The second-order valence-electron chi connectivity index (χ2n) is 5.65. The normalized spacial score (nSPS) is 22.1. The van der Waals surface area contributed by atoms with E-state index in [1.54, 1.807) is 4.90 Å². The molecule has 2 fully saturated rings. The first-order valence-corrected chi connectivity index (χ1v) is 7.20. The summed E-state index contributed by atoms with van der Waals surface area (Å²) < 4.78 is 6.81. The number of nitrogens with zero attached hydrogens (tertiary/aromatic N) is 4. The molecular formula is C13H18N4O4.